The Bertz CT molecular complexity index is 345. The third-order valence-corrected chi connectivity index (χ3v) is 4.49. The van der Waals surface area contributed by atoms with Crippen LogP contribution in [-0.4, -0.2) is 24.5 Å². The van der Waals surface area contributed by atoms with Crippen molar-refractivity contribution in [3.05, 3.63) is 22.6 Å². The van der Waals surface area contributed by atoms with Gasteiger partial charge in [-0.15, -0.1) is 0 Å². The monoisotopic (exact) mass is 300 g/mol. The summed E-state index contributed by atoms with van der Waals surface area (Å²) in [5.41, 5.74) is 5.91. The van der Waals surface area contributed by atoms with Gasteiger partial charge in [0.15, 0.2) is 0 Å². The number of nitrogens with zero attached hydrogens (tertiary/aromatic N) is 1. The molecule has 1 aliphatic heterocycles. The molecule has 1 aromatic rings. The van der Waals surface area contributed by atoms with Gasteiger partial charge in [0.05, 0.1) is 16.8 Å². The van der Waals surface area contributed by atoms with E-state index in [0.29, 0.717) is 6.54 Å². The molecule has 0 aromatic carbocycles. The zero-order chi connectivity index (χ0) is 12.3. The van der Waals surface area contributed by atoms with Crippen molar-refractivity contribution in [2.24, 2.45) is 11.7 Å². The van der Waals surface area contributed by atoms with Crippen LogP contribution in [0.3, 0.4) is 0 Å². The molecule has 4 heteroatoms. The van der Waals surface area contributed by atoms with Crippen LogP contribution in [0.2, 0.25) is 0 Å². The van der Waals surface area contributed by atoms with E-state index in [-0.39, 0.29) is 6.04 Å². The smallest absolute Gasteiger partial charge is 0.136 e. The first-order chi connectivity index (χ1) is 8.26. The number of likely N-dealkylation sites (tertiary alicyclic amines) is 1. The van der Waals surface area contributed by atoms with Gasteiger partial charge in [0.1, 0.15) is 5.76 Å². The highest BCUT2D eigenvalue weighted by atomic mass is 79.9. The van der Waals surface area contributed by atoms with Gasteiger partial charge in [-0.3, -0.25) is 4.90 Å². The Labute approximate surface area is 111 Å². The molecule has 1 atom stereocenters. The number of piperidine rings is 1. The van der Waals surface area contributed by atoms with Gasteiger partial charge >= 0.3 is 0 Å². The maximum atomic E-state index is 5.91. The number of nitrogens with two attached hydrogens (primary N) is 1. The summed E-state index contributed by atoms with van der Waals surface area (Å²) in [4.78, 5) is 2.45. The fraction of sp³-hybridized carbons (Fsp3) is 0.692. The minimum Gasteiger partial charge on any atom is -0.466 e. The van der Waals surface area contributed by atoms with Crippen molar-refractivity contribution in [3.8, 4) is 0 Å². The first kappa shape index (κ1) is 13.1. The summed E-state index contributed by atoms with van der Waals surface area (Å²) < 4.78 is 6.59. The highest BCUT2D eigenvalue weighted by molar-refractivity contribution is 9.10. The van der Waals surface area contributed by atoms with E-state index in [9.17, 15) is 0 Å². The predicted octanol–water partition coefficient (Wildman–Crippen LogP) is 3.16. The lowest BCUT2D eigenvalue weighted by atomic mass is 9.93. The minimum absolute atomic E-state index is 0.220. The van der Waals surface area contributed by atoms with E-state index in [1.54, 1.807) is 6.26 Å². The second kappa shape index (κ2) is 6.03. The summed E-state index contributed by atoms with van der Waals surface area (Å²) >= 11 is 3.52. The molecule has 1 aromatic heterocycles. The van der Waals surface area contributed by atoms with Gasteiger partial charge in [0.25, 0.3) is 0 Å². The molecule has 0 amide bonds. The van der Waals surface area contributed by atoms with Crippen LogP contribution in [0.5, 0.6) is 0 Å². The molecule has 2 N–H and O–H groups in total. The van der Waals surface area contributed by atoms with Crippen LogP contribution in [0.4, 0.5) is 0 Å². The lowest BCUT2D eigenvalue weighted by Crippen LogP contribution is -2.39. The van der Waals surface area contributed by atoms with Gasteiger partial charge in [-0.1, -0.05) is 13.3 Å². The molecular formula is C13H21BrN2O. The number of hydrogen-bond acceptors (Lipinski definition) is 3. The van der Waals surface area contributed by atoms with Gasteiger partial charge < -0.3 is 10.2 Å². The third kappa shape index (κ3) is 2.92. The van der Waals surface area contributed by atoms with Crippen molar-refractivity contribution in [2.45, 2.75) is 32.2 Å². The van der Waals surface area contributed by atoms with Crippen molar-refractivity contribution < 1.29 is 4.42 Å². The molecule has 1 aliphatic rings. The quantitative estimate of drug-likeness (QED) is 0.929. The van der Waals surface area contributed by atoms with Gasteiger partial charge in [0.2, 0.25) is 0 Å². The molecule has 1 fully saturated rings. The number of halogens is 1. The fourth-order valence-corrected chi connectivity index (χ4v) is 3.10. The van der Waals surface area contributed by atoms with E-state index in [1.807, 2.05) is 6.07 Å². The molecule has 1 unspecified atom stereocenters. The second-order valence-corrected chi connectivity index (χ2v) is 5.63. The molecule has 96 valence electrons. The third-order valence-electron chi connectivity index (χ3n) is 3.84. The Morgan fingerprint density at radius 2 is 2.24 bits per heavy atom. The minimum atomic E-state index is 0.220. The molecule has 1 saturated heterocycles. The molecule has 0 bridgehead atoms. The SMILES string of the molecule is CCC1CCN(C(CN)c2occc2Br)CC1. The van der Waals surface area contributed by atoms with E-state index in [2.05, 4.69) is 27.8 Å². The number of hydrogen-bond donors (Lipinski definition) is 1. The highest BCUT2D eigenvalue weighted by Crippen LogP contribution is 2.31. The number of furan rings is 1. The van der Waals surface area contributed by atoms with E-state index >= 15 is 0 Å². The predicted molar refractivity (Wildman–Crippen MR) is 72.8 cm³/mol. The van der Waals surface area contributed by atoms with Crippen LogP contribution in [0.15, 0.2) is 21.2 Å². The van der Waals surface area contributed by atoms with Crippen LogP contribution < -0.4 is 5.73 Å². The average Bonchev–Trinajstić information content (AvgIpc) is 2.78. The average molecular weight is 301 g/mol. The molecule has 2 rings (SSSR count). The van der Waals surface area contributed by atoms with Crippen molar-refractivity contribution in [2.75, 3.05) is 19.6 Å². The standard InChI is InChI=1S/C13H21BrN2O/c1-2-10-3-6-16(7-4-10)12(9-15)13-11(14)5-8-17-13/h5,8,10,12H,2-4,6-7,9,15H2,1H3. The zero-order valence-electron chi connectivity index (χ0n) is 10.4. The van der Waals surface area contributed by atoms with Gasteiger partial charge in [0, 0.05) is 6.54 Å². The first-order valence-corrected chi connectivity index (χ1v) is 7.22. The summed E-state index contributed by atoms with van der Waals surface area (Å²) in [5.74, 6) is 1.87. The normalized spacial score (nSPS) is 20.6. The molecule has 0 saturated carbocycles. The maximum Gasteiger partial charge on any atom is 0.136 e. The van der Waals surface area contributed by atoms with Crippen LogP contribution in [-0.2, 0) is 0 Å². The molecule has 3 nitrogen and oxygen atoms in total. The first-order valence-electron chi connectivity index (χ1n) is 6.43. The fourth-order valence-electron chi connectivity index (χ4n) is 2.64. The zero-order valence-corrected chi connectivity index (χ0v) is 11.9. The van der Waals surface area contributed by atoms with Crippen molar-refractivity contribution in [1.29, 1.82) is 0 Å². The van der Waals surface area contributed by atoms with Gasteiger partial charge in [-0.2, -0.15) is 0 Å². The number of rotatable bonds is 4. The van der Waals surface area contributed by atoms with Crippen molar-refractivity contribution in [1.82, 2.24) is 4.90 Å². The Balaban J connectivity index is 2.03. The summed E-state index contributed by atoms with van der Waals surface area (Å²) in [6.45, 7) is 5.16. The topological polar surface area (TPSA) is 42.4 Å². The molecular weight excluding hydrogens is 280 g/mol. The van der Waals surface area contributed by atoms with E-state index < -0.39 is 0 Å². The van der Waals surface area contributed by atoms with Gasteiger partial charge in [-0.05, 0) is 53.8 Å². The Kier molecular flexibility index (Phi) is 4.65. The van der Waals surface area contributed by atoms with Gasteiger partial charge in [-0.25, -0.2) is 0 Å². The molecule has 0 spiro atoms. The van der Waals surface area contributed by atoms with Crippen LogP contribution in [0.25, 0.3) is 0 Å². The van der Waals surface area contributed by atoms with E-state index in [4.69, 9.17) is 10.2 Å². The molecule has 17 heavy (non-hydrogen) atoms. The van der Waals surface area contributed by atoms with Crippen molar-refractivity contribution >= 4 is 15.9 Å². The van der Waals surface area contributed by atoms with Crippen LogP contribution in [0.1, 0.15) is 38.0 Å². The van der Waals surface area contributed by atoms with Crippen LogP contribution >= 0.6 is 15.9 Å². The lowest BCUT2D eigenvalue weighted by Gasteiger charge is -2.36. The second-order valence-electron chi connectivity index (χ2n) is 4.77. The Morgan fingerprint density at radius 3 is 2.71 bits per heavy atom. The van der Waals surface area contributed by atoms with E-state index in [1.165, 1.54) is 19.3 Å². The molecule has 0 aliphatic carbocycles. The highest BCUT2D eigenvalue weighted by Gasteiger charge is 2.27. The summed E-state index contributed by atoms with van der Waals surface area (Å²) in [7, 11) is 0. The van der Waals surface area contributed by atoms with Crippen LogP contribution in [0, 0.1) is 5.92 Å². The summed E-state index contributed by atoms with van der Waals surface area (Å²) in [5, 5.41) is 0. The molecule has 2 heterocycles. The van der Waals surface area contributed by atoms with E-state index in [0.717, 1.165) is 29.2 Å². The lowest BCUT2D eigenvalue weighted by molar-refractivity contribution is 0.120. The summed E-state index contributed by atoms with van der Waals surface area (Å²) in [6.07, 6.45) is 5.59. The maximum absolute atomic E-state index is 5.91. The largest absolute Gasteiger partial charge is 0.466 e. The Morgan fingerprint density at radius 1 is 1.53 bits per heavy atom. The summed E-state index contributed by atoms with van der Waals surface area (Å²) in [6, 6.07) is 2.16. The van der Waals surface area contributed by atoms with Crippen molar-refractivity contribution in [3.63, 3.8) is 0 Å². The molecule has 0 radical (unpaired) electrons. The Hall–Kier alpha value is -0.320.